The second-order valence-electron chi connectivity index (χ2n) is 5.21. The highest BCUT2D eigenvalue weighted by molar-refractivity contribution is 8.13. The molecule has 2 heterocycles. The Morgan fingerprint density at radius 1 is 1.19 bits per heavy atom. The molecule has 2 N–H and O–H groups in total. The van der Waals surface area contributed by atoms with Crippen molar-refractivity contribution >= 4 is 28.6 Å². The van der Waals surface area contributed by atoms with Crippen molar-refractivity contribution < 1.29 is 9.53 Å². The van der Waals surface area contributed by atoms with Crippen LogP contribution in [-0.2, 0) is 4.74 Å². The summed E-state index contributed by atoms with van der Waals surface area (Å²) in [5.74, 6) is 0.921. The smallest absolute Gasteiger partial charge is 0.325 e. The first kappa shape index (κ1) is 14.4. The van der Waals surface area contributed by atoms with E-state index in [1.54, 1.807) is 11.8 Å². The lowest BCUT2D eigenvalue weighted by Gasteiger charge is -2.36. The van der Waals surface area contributed by atoms with E-state index in [0.29, 0.717) is 5.17 Å². The van der Waals surface area contributed by atoms with Crippen molar-refractivity contribution in [3.05, 3.63) is 30.3 Å². The van der Waals surface area contributed by atoms with E-state index in [0.717, 1.165) is 43.7 Å². The predicted octanol–water partition coefficient (Wildman–Crippen LogP) is 3.20. The number of carbonyl (C=O) groups excluding carboxylic acids is 1. The standard InChI is InChI=1S/C15H19N3O2S/c19-13(16-12-6-2-1-3-7-12)17-14-18-15(9-11-21-14)8-4-5-10-20-15/h1-3,6-7H,4-5,8-11H2,(H2,16,17,18,19). The first-order valence-electron chi connectivity index (χ1n) is 7.25. The number of benzene rings is 1. The van der Waals surface area contributed by atoms with Crippen LogP contribution < -0.4 is 10.6 Å². The van der Waals surface area contributed by atoms with Crippen LogP contribution in [0.25, 0.3) is 0 Å². The van der Waals surface area contributed by atoms with Gasteiger partial charge >= 0.3 is 6.03 Å². The number of amidine groups is 1. The Bertz CT molecular complexity index is 527. The number of urea groups is 1. The van der Waals surface area contributed by atoms with E-state index in [9.17, 15) is 4.79 Å². The fraction of sp³-hybridized carbons (Fsp3) is 0.467. The van der Waals surface area contributed by atoms with Gasteiger partial charge in [-0.3, -0.25) is 5.32 Å². The van der Waals surface area contributed by atoms with Crippen LogP contribution in [0.5, 0.6) is 0 Å². The van der Waals surface area contributed by atoms with Crippen molar-refractivity contribution in [1.29, 1.82) is 0 Å². The molecule has 0 bridgehead atoms. The molecule has 1 fully saturated rings. The molecule has 1 saturated heterocycles. The molecule has 21 heavy (non-hydrogen) atoms. The molecular weight excluding hydrogens is 286 g/mol. The lowest BCUT2D eigenvalue weighted by molar-refractivity contribution is -0.0738. The van der Waals surface area contributed by atoms with Crippen LogP contribution in [0.2, 0.25) is 0 Å². The molecule has 1 aromatic rings. The summed E-state index contributed by atoms with van der Waals surface area (Å²) in [6, 6.07) is 9.11. The van der Waals surface area contributed by atoms with Gasteiger partial charge in [0.25, 0.3) is 0 Å². The van der Waals surface area contributed by atoms with E-state index < -0.39 is 5.72 Å². The molecular formula is C15H19N3O2S. The summed E-state index contributed by atoms with van der Waals surface area (Å²) in [5.41, 5.74) is 0.360. The first-order chi connectivity index (χ1) is 10.3. The number of hydrogen-bond acceptors (Lipinski definition) is 4. The fourth-order valence-corrected chi connectivity index (χ4v) is 3.56. The quantitative estimate of drug-likeness (QED) is 0.837. The number of ether oxygens (including phenoxy) is 1. The van der Waals surface area contributed by atoms with Gasteiger partial charge < -0.3 is 10.1 Å². The molecule has 0 aliphatic carbocycles. The summed E-state index contributed by atoms with van der Waals surface area (Å²) < 4.78 is 5.86. The average Bonchev–Trinajstić information content (AvgIpc) is 2.49. The topological polar surface area (TPSA) is 62.7 Å². The molecule has 0 aromatic heterocycles. The molecule has 3 rings (SSSR count). The molecule has 2 amide bonds. The van der Waals surface area contributed by atoms with Crippen molar-refractivity contribution in [3.8, 4) is 0 Å². The van der Waals surface area contributed by atoms with Crippen LogP contribution in [0.3, 0.4) is 0 Å². The van der Waals surface area contributed by atoms with Crippen molar-refractivity contribution in [1.82, 2.24) is 5.32 Å². The van der Waals surface area contributed by atoms with E-state index in [4.69, 9.17) is 4.74 Å². The predicted molar refractivity (Wildman–Crippen MR) is 85.6 cm³/mol. The van der Waals surface area contributed by atoms with E-state index in [2.05, 4.69) is 15.6 Å². The van der Waals surface area contributed by atoms with E-state index in [1.165, 1.54) is 0 Å². The van der Waals surface area contributed by atoms with Gasteiger partial charge in [-0.1, -0.05) is 30.0 Å². The van der Waals surface area contributed by atoms with E-state index in [1.807, 2.05) is 30.3 Å². The molecule has 1 unspecified atom stereocenters. The van der Waals surface area contributed by atoms with Crippen molar-refractivity contribution in [2.75, 3.05) is 17.7 Å². The molecule has 2 aliphatic rings. The maximum atomic E-state index is 12.0. The third-order valence-electron chi connectivity index (χ3n) is 3.62. The normalized spacial score (nSPS) is 25.2. The van der Waals surface area contributed by atoms with Gasteiger partial charge in [0.1, 0.15) is 0 Å². The summed E-state index contributed by atoms with van der Waals surface area (Å²) in [4.78, 5) is 16.6. The maximum Gasteiger partial charge on any atom is 0.325 e. The van der Waals surface area contributed by atoms with Gasteiger partial charge in [0.15, 0.2) is 10.9 Å². The van der Waals surface area contributed by atoms with Gasteiger partial charge in [-0.15, -0.1) is 0 Å². The van der Waals surface area contributed by atoms with Crippen LogP contribution >= 0.6 is 11.8 Å². The Balaban J connectivity index is 1.62. The van der Waals surface area contributed by atoms with Gasteiger partial charge in [-0.05, 0) is 31.4 Å². The van der Waals surface area contributed by atoms with Crippen molar-refractivity contribution in [2.24, 2.45) is 4.99 Å². The first-order valence-corrected chi connectivity index (χ1v) is 8.24. The van der Waals surface area contributed by atoms with Crippen LogP contribution in [-0.4, -0.2) is 29.3 Å². The zero-order chi connectivity index (χ0) is 14.5. The second kappa shape index (κ2) is 6.49. The molecule has 6 heteroatoms. The minimum Gasteiger partial charge on any atom is -0.354 e. The third-order valence-corrected chi connectivity index (χ3v) is 4.50. The minimum atomic E-state index is -0.404. The maximum absolute atomic E-state index is 12.0. The Labute approximate surface area is 128 Å². The number of anilines is 1. The summed E-state index contributed by atoms with van der Waals surface area (Å²) in [6.07, 6.45) is 4.10. The fourth-order valence-electron chi connectivity index (χ4n) is 2.55. The Morgan fingerprint density at radius 2 is 2.05 bits per heavy atom. The second-order valence-corrected chi connectivity index (χ2v) is 6.30. The highest BCUT2D eigenvalue weighted by Gasteiger charge is 2.36. The van der Waals surface area contributed by atoms with Crippen LogP contribution in [0.4, 0.5) is 10.5 Å². The Morgan fingerprint density at radius 3 is 2.81 bits per heavy atom. The summed E-state index contributed by atoms with van der Waals surface area (Å²) in [7, 11) is 0. The average molecular weight is 305 g/mol. The number of hydrogen-bond donors (Lipinski definition) is 2. The number of rotatable bonds is 1. The molecule has 1 aromatic carbocycles. The Kier molecular flexibility index (Phi) is 4.45. The minimum absolute atomic E-state index is 0.264. The molecule has 5 nitrogen and oxygen atoms in total. The number of carbonyl (C=O) groups is 1. The van der Waals surface area contributed by atoms with Gasteiger partial charge in [0, 0.05) is 24.5 Å². The largest absolute Gasteiger partial charge is 0.354 e. The lowest BCUT2D eigenvalue weighted by atomic mass is 10.0. The number of aliphatic imine (C=N–C) groups is 1. The van der Waals surface area contributed by atoms with Crippen LogP contribution in [0.15, 0.2) is 35.3 Å². The summed E-state index contributed by atoms with van der Waals surface area (Å²) in [5, 5.41) is 6.27. The Hall–Kier alpha value is -1.53. The molecule has 112 valence electrons. The SMILES string of the molecule is O=C(NC1=NC2(CCCCO2)CCS1)Nc1ccccc1. The molecule has 0 radical (unpaired) electrons. The number of nitrogens with zero attached hydrogens (tertiary/aromatic N) is 1. The van der Waals surface area contributed by atoms with Gasteiger partial charge in [0.05, 0.1) is 0 Å². The van der Waals surface area contributed by atoms with Gasteiger partial charge in [-0.25, -0.2) is 9.79 Å². The molecule has 1 spiro atoms. The zero-order valence-corrected chi connectivity index (χ0v) is 12.6. The van der Waals surface area contributed by atoms with Crippen molar-refractivity contribution in [2.45, 2.75) is 31.4 Å². The number of para-hydroxylation sites is 1. The van der Waals surface area contributed by atoms with Gasteiger partial charge in [-0.2, -0.15) is 0 Å². The van der Waals surface area contributed by atoms with Crippen LogP contribution in [0, 0.1) is 0 Å². The highest BCUT2D eigenvalue weighted by Crippen LogP contribution is 2.34. The lowest BCUT2D eigenvalue weighted by Crippen LogP contribution is -2.42. The number of thioether (sulfide) groups is 1. The number of amides is 2. The van der Waals surface area contributed by atoms with E-state index in [-0.39, 0.29) is 6.03 Å². The highest BCUT2D eigenvalue weighted by atomic mass is 32.2. The van der Waals surface area contributed by atoms with Gasteiger partial charge in [0.2, 0.25) is 0 Å². The van der Waals surface area contributed by atoms with Crippen molar-refractivity contribution in [3.63, 3.8) is 0 Å². The monoisotopic (exact) mass is 305 g/mol. The molecule has 0 saturated carbocycles. The summed E-state index contributed by atoms with van der Waals surface area (Å²) in [6.45, 7) is 0.762. The number of nitrogens with one attached hydrogen (secondary N) is 2. The van der Waals surface area contributed by atoms with E-state index >= 15 is 0 Å². The molecule has 1 atom stereocenters. The molecule has 2 aliphatic heterocycles. The summed E-state index contributed by atoms with van der Waals surface area (Å²) >= 11 is 1.57. The zero-order valence-electron chi connectivity index (χ0n) is 11.8. The third kappa shape index (κ3) is 3.77. The van der Waals surface area contributed by atoms with Crippen LogP contribution in [0.1, 0.15) is 25.7 Å².